The minimum Gasteiger partial charge on any atom is -0.872 e. The highest BCUT2D eigenvalue weighted by Crippen LogP contribution is 2.23. The van der Waals surface area contributed by atoms with Crippen molar-refractivity contribution in [2.24, 2.45) is 5.10 Å². The number of hydrazone groups is 1. The van der Waals surface area contributed by atoms with Crippen molar-refractivity contribution >= 4 is 29.4 Å². The van der Waals surface area contributed by atoms with Crippen molar-refractivity contribution in [3.8, 4) is 11.5 Å². The van der Waals surface area contributed by atoms with Crippen LogP contribution in [0.15, 0.2) is 47.6 Å². The van der Waals surface area contributed by atoms with Gasteiger partial charge in [0.1, 0.15) is 5.75 Å². The molecule has 0 saturated heterocycles. The quantitative estimate of drug-likeness (QED) is 0.485. The normalized spacial score (nSPS) is 10.5. The molecule has 1 N–H and O–H groups in total. The fourth-order valence-electron chi connectivity index (χ4n) is 1.71. The van der Waals surface area contributed by atoms with Crippen molar-refractivity contribution in [2.45, 2.75) is 0 Å². The summed E-state index contributed by atoms with van der Waals surface area (Å²) in [7, 11) is 0. The van der Waals surface area contributed by atoms with Gasteiger partial charge in [-0.15, -0.1) is 5.75 Å². The number of hydrogen-bond donors (Lipinski definition) is 1. The van der Waals surface area contributed by atoms with E-state index in [0.29, 0.717) is 10.8 Å². The summed E-state index contributed by atoms with van der Waals surface area (Å²) in [5.41, 5.74) is 1.84. The number of halogens is 1. The summed E-state index contributed by atoms with van der Waals surface area (Å²) in [6, 6.07) is 9.83. The summed E-state index contributed by atoms with van der Waals surface area (Å²) >= 11 is 5.87. The van der Waals surface area contributed by atoms with Gasteiger partial charge in [0.05, 0.1) is 21.7 Å². The van der Waals surface area contributed by atoms with E-state index in [1.165, 1.54) is 0 Å². The molecule has 124 valence electrons. The lowest BCUT2D eigenvalue weighted by Crippen LogP contribution is -2.24. The smallest absolute Gasteiger partial charge is 0.278 e. The van der Waals surface area contributed by atoms with Gasteiger partial charge in [-0.25, -0.2) is 5.43 Å². The average Bonchev–Trinajstić information content (AvgIpc) is 2.54. The number of carbonyl (C=O) groups excluding carboxylic acids is 1. The molecule has 9 heteroatoms. The molecule has 0 radical (unpaired) electrons. The Morgan fingerprint density at radius 3 is 2.79 bits per heavy atom. The molecule has 0 bridgehead atoms. The average molecular weight is 349 g/mol. The van der Waals surface area contributed by atoms with Gasteiger partial charge in [0, 0.05) is 6.07 Å². The van der Waals surface area contributed by atoms with Crippen LogP contribution < -0.4 is 15.3 Å². The van der Waals surface area contributed by atoms with Crippen LogP contribution in [0.25, 0.3) is 0 Å². The molecule has 0 heterocycles. The zero-order chi connectivity index (χ0) is 17.5. The number of hydrogen-bond acceptors (Lipinski definition) is 6. The molecule has 0 fully saturated rings. The molecule has 0 unspecified atom stereocenters. The molecule has 8 nitrogen and oxygen atoms in total. The Morgan fingerprint density at radius 2 is 2.08 bits per heavy atom. The topological polar surface area (TPSA) is 117 Å². The van der Waals surface area contributed by atoms with E-state index < -0.39 is 16.6 Å². The van der Waals surface area contributed by atoms with Gasteiger partial charge >= 0.3 is 0 Å². The van der Waals surface area contributed by atoms with E-state index >= 15 is 0 Å². The summed E-state index contributed by atoms with van der Waals surface area (Å²) < 4.78 is 5.21. The number of nitrogens with one attached hydrogen (secondary N) is 1. The van der Waals surface area contributed by atoms with Gasteiger partial charge < -0.3 is 9.84 Å². The van der Waals surface area contributed by atoms with Crippen LogP contribution in [0.2, 0.25) is 5.02 Å². The van der Waals surface area contributed by atoms with Crippen LogP contribution in [0.4, 0.5) is 5.69 Å². The molecule has 2 rings (SSSR count). The number of benzene rings is 2. The number of para-hydroxylation sites is 1. The highest BCUT2D eigenvalue weighted by molar-refractivity contribution is 6.32. The number of amides is 1. The zero-order valence-corrected chi connectivity index (χ0v) is 12.9. The first-order valence-electron chi connectivity index (χ1n) is 6.62. The molecule has 2 aromatic rings. The maximum absolute atomic E-state index is 11.6. The SMILES string of the molecule is O=C(COc1ccccc1Cl)N/N=C\c1cc([O-])ccc1[N+](=O)[O-]. The van der Waals surface area contributed by atoms with Crippen LogP contribution in [-0.2, 0) is 4.79 Å². The third kappa shape index (κ3) is 4.68. The predicted molar refractivity (Wildman–Crippen MR) is 85.2 cm³/mol. The Kier molecular flexibility index (Phi) is 5.69. The molecule has 0 aliphatic carbocycles. The minimum absolute atomic E-state index is 0.0141. The van der Waals surface area contributed by atoms with Gasteiger partial charge in [-0.2, -0.15) is 5.10 Å². The summed E-state index contributed by atoms with van der Waals surface area (Å²) in [5, 5.41) is 26.0. The van der Waals surface area contributed by atoms with E-state index in [4.69, 9.17) is 16.3 Å². The number of nitro benzene ring substituents is 1. The van der Waals surface area contributed by atoms with Gasteiger partial charge in [-0.3, -0.25) is 14.9 Å². The van der Waals surface area contributed by atoms with E-state index in [0.717, 1.165) is 24.4 Å². The number of ether oxygens (including phenoxy) is 1. The Labute approximate surface area is 141 Å². The van der Waals surface area contributed by atoms with Gasteiger partial charge in [0.25, 0.3) is 11.6 Å². The van der Waals surface area contributed by atoms with Crippen LogP contribution in [0.1, 0.15) is 5.56 Å². The van der Waals surface area contributed by atoms with Gasteiger partial charge in [0.15, 0.2) is 6.61 Å². The lowest BCUT2D eigenvalue weighted by atomic mass is 10.2. The second kappa shape index (κ2) is 7.93. The van der Waals surface area contributed by atoms with Crippen molar-refractivity contribution in [3.05, 3.63) is 63.2 Å². The van der Waals surface area contributed by atoms with Crippen LogP contribution in [0.3, 0.4) is 0 Å². The number of nitrogens with zero attached hydrogens (tertiary/aromatic N) is 2. The molecule has 0 spiro atoms. The summed E-state index contributed by atoms with van der Waals surface area (Å²) in [5.74, 6) is -0.657. The van der Waals surface area contributed by atoms with E-state index in [1.54, 1.807) is 24.3 Å². The number of rotatable bonds is 6. The molecule has 1 amide bonds. The van der Waals surface area contributed by atoms with Crippen molar-refractivity contribution in [1.82, 2.24) is 5.43 Å². The maximum Gasteiger partial charge on any atom is 0.278 e. The second-order valence-corrected chi connectivity index (χ2v) is 4.90. The fourth-order valence-corrected chi connectivity index (χ4v) is 1.90. The number of carbonyl (C=O) groups is 1. The monoisotopic (exact) mass is 348 g/mol. The maximum atomic E-state index is 11.6. The van der Waals surface area contributed by atoms with Crippen molar-refractivity contribution in [1.29, 1.82) is 0 Å². The van der Waals surface area contributed by atoms with E-state index in [9.17, 15) is 20.0 Å². The van der Waals surface area contributed by atoms with Crippen LogP contribution in [0.5, 0.6) is 11.5 Å². The second-order valence-electron chi connectivity index (χ2n) is 4.49. The highest BCUT2D eigenvalue weighted by atomic mass is 35.5. The fraction of sp³-hybridized carbons (Fsp3) is 0.0667. The molecule has 0 aliphatic heterocycles. The first kappa shape index (κ1) is 17.2. The van der Waals surface area contributed by atoms with Crippen LogP contribution in [-0.4, -0.2) is 23.7 Å². The molecule has 2 aromatic carbocycles. The number of nitro groups is 1. The van der Waals surface area contributed by atoms with Gasteiger partial charge in [-0.05, 0) is 12.1 Å². The van der Waals surface area contributed by atoms with E-state index in [2.05, 4.69) is 10.5 Å². The van der Waals surface area contributed by atoms with Crippen molar-refractivity contribution < 1.29 is 19.6 Å². The molecular weight excluding hydrogens is 338 g/mol. The third-order valence-corrected chi connectivity index (χ3v) is 3.10. The third-order valence-electron chi connectivity index (χ3n) is 2.78. The largest absolute Gasteiger partial charge is 0.872 e. The Hall–Kier alpha value is -3.13. The Balaban J connectivity index is 1.94. The first-order chi connectivity index (χ1) is 11.5. The van der Waals surface area contributed by atoms with Crippen molar-refractivity contribution in [3.63, 3.8) is 0 Å². The lowest BCUT2D eigenvalue weighted by molar-refractivity contribution is -0.385. The molecule has 0 atom stereocenters. The van der Waals surface area contributed by atoms with Gasteiger partial charge in [-0.1, -0.05) is 35.9 Å². The standard InChI is InChI=1S/C15H12ClN3O5/c16-12-3-1-2-4-14(12)24-9-15(21)18-17-8-10-7-11(20)5-6-13(10)19(22)23/h1-8,20H,9H2,(H,18,21)/p-1/b17-8-. The first-order valence-corrected chi connectivity index (χ1v) is 7.00. The van der Waals surface area contributed by atoms with Crippen molar-refractivity contribution in [2.75, 3.05) is 6.61 Å². The molecule has 0 saturated carbocycles. The predicted octanol–water partition coefficient (Wildman–Crippen LogP) is 1.85. The zero-order valence-electron chi connectivity index (χ0n) is 12.1. The molecule has 0 aliphatic rings. The molecule has 0 aromatic heterocycles. The minimum atomic E-state index is -0.650. The van der Waals surface area contributed by atoms with E-state index in [-0.39, 0.29) is 17.9 Å². The molecule has 24 heavy (non-hydrogen) atoms. The van der Waals surface area contributed by atoms with Crippen LogP contribution in [0, 0.1) is 10.1 Å². The highest BCUT2D eigenvalue weighted by Gasteiger charge is 2.11. The summed E-state index contributed by atoms with van der Waals surface area (Å²) in [6.45, 7) is -0.342. The van der Waals surface area contributed by atoms with E-state index in [1.807, 2.05) is 0 Å². The Morgan fingerprint density at radius 1 is 1.33 bits per heavy atom. The van der Waals surface area contributed by atoms with Crippen LogP contribution >= 0.6 is 11.6 Å². The molecular formula is C15H11ClN3O5-. The summed E-state index contributed by atoms with van der Waals surface area (Å²) in [6.07, 6.45) is 1.02. The lowest BCUT2D eigenvalue weighted by Gasteiger charge is -2.07. The van der Waals surface area contributed by atoms with Gasteiger partial charge in [0.2, 0.25) is 0 Å². The Bertz CT molecular complexity index is 794. The summed E-state index contributed by atoms with van der Waals surface area (Å²) in [4.78, 5) is 21.8.